The summed E-state index contributed by atoms with van der Waals surface area (Å²) in [5.74, 6) is -1.59. The van der Waals surface area contributed by atoms with Gasteiger partial charge in [0.1, 0.15) is 12.3 Å². The summed E-state index contributed by atoms with van der Waals surface area (Å²) in [6.07, 6.45) is -3.11. The van der Waals surface area contributed by atoms with Gasteiger partial charge in [-0.25, -0.2) is 0 Å². The number of piperidine rings is 1. The van der Waals surface area contributed by atoms with Crippen LogP contribution in [0.15, 0.2) is 0 Å². The molecule has 0 bridgehead atoms. The van der Waals surface area contributed by atoms with Crippen LogP contribution in [0.25, 0.3) is 0 Å². The molecule has 15 heavy (non-hydrogen) atoms. The normalized spacial score (nSPS) is 40.3. The van der Waals surface area contributed by atoms with E-state index in [-0.39, 0.29) is 13.0 Å². The van der Waals surface area contributed by atoms with E-state index in [0.29, 0.717) is 0 Å². The van der Waals surface area contributed by atoms with Gasteiger partial charge in [0, 0.05) is 0 Å². The molecule has 2 rings (SSSR count). The van der Waals surface area contributed by atoms with Crippen LogP contribution in [0.4, 0.5) is 0 Å². The van der Waals surface area contributed by atoms with Crippen molar-refractivity contribution in [2.45, 2.75) is 30.8 Å². The second kappa shape index (κ2) is 3.44. The molecule has 0 aromatic rings. The standard InChI is InChI=1S/C8H12N2O5/c11-2-3-1-4(12)5(13)6-9-7(14)8(15)10(3)6/h3-6,11-13H,1-2H2,(H,9,14)/t3?,4-,5-,6-/m0/s1. The summed E-state index contributed by atoms with van der Waals surface area (Å²) < 4.78 is 0. The second-order valence-electron chi connectivity index (χ2n) is 3.76. The summed E-state index contributed by atoms with van der Waals surface area (Å²) in [6.45, 7) is -0.346. The predicted octanol–water partition coefficient (Wildman–Crippen LogP) is -3.24. The number of nitrogens with zero attached hydrogens (tertiary/aromatic N) is 1. The highest BCUT2D eigenvalue weighted by Gasteiger charge is 2.50. The number of aliphatic hydroxyl groups excluding tert-OH is 3. The highest BCUT2D eigenvalue weighted by molar-refractivity contribution is 6.37. The van der Waals surface area contributed by atoms with Crippen LogP contribution in [0.1, 0.15) is 6.42 Å². The van der Waals surface area contributed by atoms with Crippen LogP contribution in [0.3, 0.4) is 0 Å². The molecule has 2 aliphatic rings. The monoisotopic (exact) mass is 216 g/mol. The first kappa shape index (κ1) is 10.3. The molecule has 1 unspecified atom stereocenters. The molecule has 84 valence electrons. The molecular weight excluding hydrogens is 204 g/mol. The maximum atomic E-state index is 11.4. The number of hydrogen-bond acceptors (Lipinski definition) is 5. The zero-order chi connectivity index (χ0) is 11.2. The first-order chi connectivity index (χ1) is 7.06. The summed E-state index contributed by atoms with van der Waals surface area (Å²) in [5, 5.41) is 30.3. The fourth-order valence-electron chi connectivity index (χ4n) is 2.06. The van der Waals surface area contributed by atoms with Gasteiger partial charge < -0.3 is 25.5 Å². The van der Waals surface area contributed by atoms with Crippen LogP contribution in [-0.2, 0) is 9.59 Å². The third-order valence-corrected chi connectivity index (χ3v) is 2.84. The molecule has 0 spiro atoms. The van der Waals surface area contributed by atoms with Crippen LogP contribution in [-0.4, -0.2) is 63.1 Å². The van der Waals surface area contributed by atoms with Crippen molar-refractivity contribution < 1.29 is 24.9 Å². The molecule has 7 heteroatoms. The Morgan fingerprint density at radius 1 is 1.40 bits per heavy atom. The third kappa shape index (κ3) is 1.39. The number of rotatable bonds is 1. The van der Waals surface area contributed by atoms with Gasteiger partial charge in [0.15, 0.2) is 0 Å². The minimum Gasteiger partial charge on any atom is -0.394 e. The number of amides is 2. The van der Waals surface area contributed by atoms with E-state index in [1.807, 2.05) is 0 Å². The molecular formula is C8H12N2O5. The Bertz CT molecular complexity index is 307. The minimum atomic E-state index is -1.21. The average molecular weight is 216 g/mol. The van der Waals surface area contributed by atoms with Crippen molar-refractivity contribution in [2.75, 3.05) is 6.61 Å². The molecule has 2 fully saturated rings. The van der Waals surface area contributed by atoms with Crippen molar-refractivity contribution in [1.82, 2.24) is 10.2 Å². The Labute approximate surface area is 85.3 Å². The lowest BCUT2D eigenvalue weighted by Crippen LogP contribution is -2.61. The van der Waals surface area contributed by atoms with Gasteiger partial charge >= 0.3 is 11.8 Å². The maximum Gasteiger partial charge on any atom is 0.313 e. The second-order valence-corrected chi connectivity index (χ2v) is 3.76. The third-order valence-electron chi connectivity index (χ3n) is 2.84. The number of carbonyl (C=O) groups excluding carboxylic acids is 2. The summed E-state index contributed by atoms with van der Waals surface area (Å²) in [7, 11) is 0. The lowest BCUT2D eigenvalue weighted by molar-refractivity contribution is -0.149. The van der Waals surface area contributed by atoms with Gasteiger partial charge in [-0.15, -0.1) is 0 Å². The van der Waals surface area contributed by atoms with E-state index in [2.05, 4.69) is 5.32 Å². The van der Waals surface area contributed by atoms with Crippen LogP contribution in [0.2, 0.25) is 0 Å². The largest absolute Gasteiger partial charge is 0.394 e. The van der Waals surface area contributed by atoms with Crippen molar-refractivity contribution in [3.63, 3.8) is 0 Å². The summed E-state index contributed by atoms with van der Waals surface area (Å²) >= 11 is 0. The van der Waals surface area contributed by atoms with Crippen molar-refractivity contribution in [3.8, 4) is 0 Å². The SMILES string of the molecule is O=C1N[C@@H]2[C@@H](O)[C@@H](O)CC(CO)N2C1=O. The topological polar surface area (TPSA) is 110 Å². The molecule has 4 N–H and O–H groups in total. The molecule has 2 amide bonds. The van der Waals surface area contributed by atoms with Gasteiger partial charge in [-0.2, -0.15) is 0 Å². The number of aliphatic hydroxyl groups is 3. The van der Waals surface area contributed by atoms with E-state index in [4.69, 9.17) is 5.11 Å². The van der Waals surface area contributed by atoms with Crippen LogP contribution < -0.4 is 5.32 Å². The Morgan fingerprint density at radius 3 is 2.67 bits per heavy atom. The van der Waals surface area contributed by atoms with Gasteiger partial charge in [-0.3, -0.25) is 9.59 Å². The van der Waals surface area contributed by atoms with Crippen molar-refractivity contribution in [3.05, 3.63) is 0 Å². The molecule has 0 aliphatic carbocycles. The molecule has 2 aliphatic heterocycles. The number of fused-ring (bicyclic) bond motifs is 1. The van der Waals surface area contributed by atoms with Crippen LogP contribution in [0, 0.1) is 0 Å². The highest BCUT2D eigenvalue weighted by atomic mass is 16.3. The lowest BCUT2D eigenvalue weighted by Gasteiger charge is -2.41. The van der Waals surface area contributed by atoms with E-state index in [1.54, 1.807) is 0 Å². The van der Waals surface area contributed by atoms with Crippen molar-refractivity contribution in [1.29, 1.82) is 0 Å². The summed E-state index contributed by atoms with van der Waals surface area (Å²) in [5.41, 5.74) is 0. The molecule has 0 radical (unpaired) electrons. The van der Waals surface area contributed by atoms with E-state index in [0.717, 1.165) is 4.90 Å². The van der Waals surface area contributed by atoms with E-state index >= 15 is 0 Å². The zero-order valence-corrected chi connectivity index (χ0v) is 7.83. The summed E-state index contributed by atoms with van der Waals surface area (Å²) in [6, 6.07) is -0.625. The first-order valence-corrected chi connectivity index (χ1v) is 4.66. The fraction of sp³-hybridized carbons (Fsp3) is 0.750. The fourth-order valence-corrected chi connectivity index (χ4v) is 2.06. The Balaban J connectivity index is 2.28. The van der Waals surface area contributed by atoms with Gasteiger partial charge in [0.25, 0.3) is 0 Å². The van der Waals surface area contributed by atoms with E-state index < -0.39 is 36.2 Å². The quantitative estimate of drug-likeness (QED) is 0.344. The molecule has 7 nitrogen and oxygen atoms in total. The molecule has 2 heterocycles. The van der Waals surface area contributed by atoms with Crippen molar-refractivity contribution >= 4 is 11.8 Å². The number of nitrogens with one attached hydrogen (secondary N) is 1. The maximum absolute atomic E-state index is 11.4. The molecule has 0 aromatic heterocycles. The molecule has 0 saturated carbocycles. The molecule has 4 atom stereocenters. The van der Waals surface area contributed by atoms with Crippen LogP contribution in [0.5, 0.6) is 0 Å². The minimum absolute atomic E-state index is 0.0644. The number of carbonyl (C=O) groups is 2. The Hall–Kier alpha value is -1.18. The Morgan fingerprint density at radius 2 is 2.07 bits per heavy atom. The van der Waals surface area contributed by atoms with Crippen molar-refractivity contribution in [2.24, 2.45) is 0 Å². The van der Waals surface area contributed by atoms with Gasteiger partial charge in [-0.1, -0.05) is 0 Å². The van der Waals surface area contributed by atoms with Gasteiger partial charge in [-0.05, 0) is 6.42 Å². The van der Waals surface area contributed by atoms with E-state index in [1.165, 1.54) is 0 Å². The van der Waals surface area contributed by atoms with E-state index in [9.17, 15) is 19.8 Å². The average Bonchev–Trinajstić information content (AvgIpc) is 2.50. The predicted molar refractivity (Wildman–Crippen MR) is 46.3 cm³/mol. The molecule has 2 saturated heterocycles. The zero-order valence-electron chi connectivity index (χ0n) is 7.83. The van der Waals surface area contributed by atoms with Crippen LogP contribution >= 0.6 is 0 Å². The highest BCUT2D eigenvalue weighted by Crippen LogP contribution is 2.25. The first-order valence-electron chi connectivity index (χ1n) is 4.66. The van der Waals surface area contributed by atoms with Gasteiger partial charge in [0.2, 0.25) is 0 Å². The lowest BCUT2D eigenvalue weighted by atomic mass is 9.96. The summed E-state index contributed by atoms with van der Waals surface area (Å²) in [4.78, 5) is 23.5. The molecule has 0 aromatic carbocycles. The smallest absolute Gasteiger partial charge is 0.313 e. The number of hydrogen-bond donors (Lipinski definition) is 4. The van der Waals surface area contributed by atoms with Gasteiger partial charge in [0.05, 0.1) is 18.8 Å². The Kier molecular flexibility index (Phi) is 2.37.